The van der Waals surface area contributed by atoms with Crippen molar-refractivity contribution < 1.29 is 9.59 Å². The van der Waals surface area contributed by atoms with Crippen molar-refractivity contribution in [3.63, 3.8) is 0 Å². The minimum atomic E-state index is -0.133. The standard InChI is InChI=1S/C13H16N2O2/c1-10-4-2-5-11(8-10)14-12(16)9-15-7-3-6-13(15)17/h2,4-5,8H,3,6-7,9H2,1H3,(H,14,16). The van der Waals surface area contributed by atoms with E-state index in [0.717, 1.165) is 17.7 Å². The van der Waals surface area contributed by atoms with Crippen LogP contribution in [0.25, 0.3) is 0 Å². The van der Waals surface area contributed by atoms with Gasteiger partial charge in [-0.3, -0.25) is 9.59 Å². The Morgan fingerprint density at radius 3 is 2.94 bits per heavy atom. The van der Waals surface area contributed by atoms with Crippen LogP contribution in [0.15, 0.2) is 24.3 Å². The summed E-state index contributed by atoms with van der Waals surface area (Å²) in [6.07, 6.45) is 1.42. The third-order valence-corrected chi connectivity index (χ3v) is 2.81. The van der Waals surface area contributed by atoms with Gasteiger partial charge in [-0.25, -0.2) is 0 Å². The van der Waals surface area contributed by atoms with Gasteiger partial charge in [0.1, 0.15) is 0 Å². The zero-order chi connectivity index (χ0) is 12.3. The van der Waals surface area contributed by atoms with E-state index in [9.17, 15) is 9.59 Å². The summed E-state index contributed by atoms with van der Waals surface area (Å²) in [5.74, 6) is -0.0600. The summed E-state index contributed by atoms with van der Waals surface area (Å²) in [5.41, 5.74) is 1.88. The Bertz CT molecular complexity index is 443. The number of amides is 2. The van der Waals surface area contributed by atoms with Gasteiger partial charge in [0, 0.05) is 18.7 Å². The summed E-state index contributed by atoms with van der Waals surface area (Å²) in [7, 11) is 0. The summed E-state index contributed by atoms with van der Waals surface area (Å²) < 4.78 is 0. The van der Waals surface area contributed by atoms with Gasteiger partial charge in [0.25, 0.3) is 0 Å². The van der Waals surface area contributed by atoms with Crippen LogP contribution in [0.2, 0.25) is 0 Å². The third kappa shape index (κ3) is 3.06. The van der Waals surface area contributed by atoms with Crippen LogP contribution >= 0.6 is 0 Å². The highest BCUT2D eigenvalue weighted by Gasteiger charge is 2.22. The van der Waals surface area contributed by atoms with Crippen molar-refractivity contribution in [1.29, 1.82) is 0 Å². The SMILES string of the molecule is Cc1cccc(NC(=O)CN2CCCC2=O)c1. The number of carbonyl (C=O) groups excluding carboxylic acids is 2. The highest BCUT2D eigenvalue weighted by atomic mass is 16.2. The molecule has 2 amide bonds. The fourth-order valence-electron chi connectivity index (χ4n) is 1.97. The van der Waals surface area contributed by atoms with E-state index in [-0.39, 0.29) is 18.4 Å². The second kappa shape index (κ2) is 4.99. The second-order valence-electron chi connectivity index (χ2n) is 4.34. The molecule has 1 aliphatic rings. The molecule has 0 aromatic heterocycles. The lowest BCUT2D eigenvalue weighted by Crippen LogP contribution is -2.33. The number of carbonyl (C=O) groups is 2. The summed E-state index contributed by atoms with van der Waals surface area (Å²) in [6.45, 7) is 2.83. The molecule has 1 aromatic rings. The van der Waals surface area contributed by atoms with Gasteiger partial charge in [-0.1, -0.05) is 12.1 Å². The molecule has 2 rings (SSSR count). The Morgan fingerprint density at radius 2 is 2.29 bits per heavy atom. The molecule has 1 heterocycles. The molecule has 0 atom stereocenters. The average Bonchev–Trinajstić information content (AvgIpc) is 2.64. The lowest BCUT2D eigenvalue weighted by molar-refractivity contribution is -0.131. The van der Waals surface area contributed by atoms with Crippen LogP contribution < -0.4 is 5.32 Å². The van der Waals surface area contributed by atoms with Crippen molar-refractivity contribution >= 4 is 17.5 Å². The van der Waals surface area contributed by atoms with Crippen molar-refractivity contribution in [3.8, 4) is 0 Å². The molecule has 0 aliphatic carbocycles. The molecule has 17 heavy (non-hydrogen) atoms. The molecule has 0 unspecified atom stereocenters. The number of nitrogens with one attached hydrogen (secondary N) is 1. The van der Waals surface area contributed by atoms with Gasteiger partial charge in [-0.15, -0.1) is 0 Å². The van der Waals surface area contributed by atoms with E-state index in [1.165, 1.54) is 0 Å². The van der Waals surface area contributed by atoms with Gasteiger partial charge in [-0.05, 0) is 31.0 Å². The Hall–Kier alpha value is -1.84. The molecule has 4 nitrogen and oxygen atoms in total. The van der Waals surface area contributed by atoms with Crippen LogP contribution in [0, 0.1) is 6.92 Å². The van der Waals surface area contributed by atoms with E-state index in [4.69, 9.17) is 0 Å². The monoisotopic (exact) mass is 232 g/mol. The van der Waals surface area contributed by atoms with Gasteiger partial charge in [0.2, 0.25) is 11.8 Å². The van der Waals surface area contributed by atoms with Crippen molar-refractivity contribution in [1.82, 2.24) is 4.90 Å². The molecule has 1 fully saturated rings. The predicted octanol–water partition coefficient (Wildman–Crippen LogP) is 1.56. The van der Waals surface area contributed by atoms with Crippen molar-refractivity contribution in [2.45, 2.75) is 19.8 Å². The molecular weight excluding hydrogens is 216 g/mol. The normalized spacial score (nSPS) is 15.1. The molecular formula is C13H16N2O2. The van der Waals surface area contributed by atoms with E-state index in [1.54, 1.807) is 4.90 Å². The topological polar surface area (TPSA) is 49.4 Å². The zero-order valence-electron chi connectivity index (χ0n) is 9.90. The minimum absolute atomic E-state index is 0.0735. The van der Waals surface area contributed by atoms with Gasteiger partial charge in [0.05, 0.1) is 6.54 Å². The first-order chi connectivity index (χ1) is 8.15. The molecule has 90 valence electrons. The first-order valence-electron chi connectivity index (χ1n) is 5.79. The van der Waals surface area contributed by atoms with Gasteiger partial charge in [0.15, 0.2) is 0 Å². The van der Waals surface area contributed by atoms with E-state index in [1.807, 2.05) is 31.2 Å². The molecule has 1 N–H and O–H groups in total. The molecule has 1 aromatic carbocycles. The van der Waals surface area contributed by atoms with Crippen molar-refractivity contribution in [2.24, 2.45) is 0 Å². The maximum atomic E-state index is 11.7. The lowest BCUT2D eigenvalue weighted by atomic mass is 10.2. The number of rotatable bonds is 3. The first kappa shape index (κ1) is 11.6. The fraction of sp³-hybridized carbons (Fsp3) is 0.385. The Balaban J connectivity index is 1.91. The molecule has 1 aliphatic heterocycles. The summed E-state index contributed by atoms with van der Waals surface area (Å²) in [6, 6.07) is 7.62. The Labute approximate surface area is 101 Å². The van der Waals surface area contributed by atoms with Gasteiger partial charge < -0.3 is 10.2 Å². The van der Waals surface area contributed by atoms with E-state index in [2.05, 4.69) is 5.32 Å². The molecule has 0 radical (unpaired) electrons. The van der Waals surface area contributed by atoms with Crippen LogP contribution in [-0.4, -0.2) is 29.8 Å². The first-order valence-corrected chi connectivity index (χ1v) is 5.79. The summed E-state index contributed by atoms with van der Waals surface area (Å²) >= 11 is 0. The van der Waals surface area contributed by atoms with E-state index >= 15 is 0 Å². The van der Waals surface area contributed by atoms with Crippen LogP contribution in [0.1, 0.15) is 18.4 Å². The smallest absolute Gasteiger partial charge is 0.243 e. The fourth-order valence-corrected chi connectivity index (χ4v) is 1.97. The highest BCUT2D eigenvalue weighted by Crippen LogP contribution is 2.11. The molecule has 4 heteroatoms. The second-order valence-corrected chi connectivity index (χ2v) is 4.34. The number of nitrogens with zero attached hydrogens (tertiary/aromatic N) is 1. The van der Waals surface area contributed by atoms with Crippen LogP contribution in [-0.2, 0) is 9.59 Å². The quantitative estimate of drug-likeness (QED) is 0.859. The molecule has 0 spiro atoms. The summed E-state index contributed by atoms with van der Waals surface area (Å²) in [5, 5.41) is 2.80. The van der Waals surface area contributed by atoms with Crippen LogP contribution in [0.4, 0.5) is 5.69 Å². The number of anilines is 1. The van der Waals surface area contributed by atoms with Crippen LogP contribution in [0.3, 0.4) is 0 Å². The number of hydrogen-bond acceptors (Lipinski definition) is 2. The minimum Gasteiger partial charge on any atom is -0.333 e. The number of likely N-dealkylation sites (tertiary alicyclic amines) is 1. The van der Waals surface area contributed by atoms with E-state index < -0.39 is 0 Å². The number of benzene rings is 1. The lowest BCUT2D eigenvalue weighted by Gasteiger charge is -2.15. The zero-order valence-corrected chi connectivity index (χ0v) is 9.90. The maximum absolute atomic E-state index is 11.7. The Morgan fingerprint density at radius 1 is 1.47 bits per heavy atom. The summed E-state index contributed by atoms with van der Waals surface area (Å²) in [4.78, 5) is 24.7. The average molecular weight is 232 g/mol. The van der Waals surface area contributed by atoms with Crippen molar-refractivity contribution in [3.05, 3.63) is 29.8 Å². The third-order valence-electron chi connectivity index (χ3n) is 2.81. The predicted molar refractivity (Wildman–Crippen MR) is 65.6 cm³/mol. The maximum Gasteiger partial charge on any atom is 0.243 e. The molecule has 1 saturated heterocycles. The highest BCUT2D eigenvalue weighted by molar-refractivity contribution is 5.94. The largest absolute Gasteiger partial charge is 0.333 e. The number of aryl methyl sites for hydroxylation is 1. The van der Waals surface area contributed by atoms with Gasteiger partial charge >= 0.3 is 0 Å². The van der Waals surface area contributed by atoms with Crippen LogP contribution in [0.5, 0.6) is 0 Å². The van der Waals surface area contributed by atoms with Crippen molar-refractivity contribution in [2.75, 3.05) is 18.4 Å². The van der Waals surface area contributed by atoms with E-state index in [0.29, 0.717) is 13.0 Å². The number of hydrogen-bond donors (Lipinski definition) is 1. The molecule has 0 bridgehead atoms. The Kier molecular flexibility index (Phi) is 3.42. The molecule has 0 saturated carbocycles. The van der Waals surface area contributed by atoms with Gasteiger partial charge in [-0.2, -0.15) is 0 Å².